The first-order valence-corrected chi connectivity index (χ1v) is 13.4. The normalized spacial score (nSPS) is 24.1. The molecule has 2 atom stereocenters. The smallest absolute Gasteiger partial charge is 0.222 e. The minimum atomic E-state index is -0.208. The van der Waals surface area contributed by atoms with Gasteiger partial charge < -0.3 is 14.7 Å². The highest BCUT2D eigenvalue weighted by Crippen LogP contribution is 2.30. The predicted octanol–water partition coefficient (Wildman–Crippen LogP) is 4.24. The Morgan fingerprint density at radius 2 is 1.57 bits per heavy atom. The first-order chi connectivity index (χ1) is 17.2. The second-order valence-corrected chi connectivity index (χ2v) is 10.5. The van der Waals surface area contributed by atoms with Crippen LogP contribution < -0.4 is 4.90 Å². The van der Waals surface area contributed by atoms with E-state index in [9.17, 15) is 9.18 Å². The molecular formula is C29H39FN4O. The molecule has 1 amide bonds. The van der Waals surface area contributed by atoms with E-state index in [1.165, 1.54) is 50.0 Å². The van der Waals surface area contributed by atoms with Crippen LogP contribution in [0.2, 0.25) is 0 Å². The van der Waals surface area contributed by atoms with Crippen LogP contribution in [0.5, 0.6) is 0 Å². The lowest BCUT2D eigenvalue weighted by Gasteiger charge is -2.43. The number of hydrogen-bond donors (Lipinski definition) is 0. The van der Waals surface area contributed by atoms with E-state index >= 15 is 0 Å². The van der Waals surface area contributed by atoms with Crippen molar-refractivity contribution in [2.24, 2.45) is 5.92 Å². The number of hydrogen-bond acceptors (Lipinski definition) is 4. The molecule has 3 aliphatic heterocycles. The molecule has 0 radical (unpaired) electrons. The monoisotopic (exact) mass is 478 g/mol. The fourth-order valence-electron chi connectivity index (χ4n) is 6.25. The van der Waals surface area contributed by atoms with Crippen LogP contribution in [0.4, 0.5) is 10.1 Å². The van der Waals surface area contributed by atoms with Crippen LogP contribution in [0.3, 0.4) is 0 Å². The Morgan fingerprint density at radius 1 is 0.857 bits per heavy atom. The number of carbonyl (C=O) groups is 1. The predicted molar refractivity (Wildman–Crippen MR) is 139 cm³/mol. The summed E-state index contributed by atoms with van der Waals surface area (Å²) in [5, 5.41) is 0. The second kappa shape index (κ2) is 11.5. The van der Waals surface area contributed by atoms with Crippen molar-refractivity contribution in [3.8, 4) is 0 Å². The summed E-state index contributed by atoms with van der Waals surface area (Å²) in [6.45, 7) is 8.78. The number of benzene rings is 2. The molecule has 0 bridgehead atoms. The summed E-state index contributed by atoms with van der Waals surface area (Å²) in [5.41, 5.74) is 2.41. The van der Waals surface area contributed by atoms with Crippen LogP contribution in [0.1, 0.15) is 37.7 Å². The Kier molecular flexibility index (Phi) is 7.99. The molecule has 2 aromatic rings. The minimum Gasteiger partial charge on any atom is -0.368 e. The summed E-state index contributed by atoms with van der Waals surface area (Å²) in [6.07, 6.45) is 5.46. The summed E-state index contributed by atoms with van der Waals surface area (Å²) in [6, 6.07) is 18.1. The van der Waals surface area contributed by atoms with Gasteiger partial charge in [0.1, 0.15) is 5.82 Å². The van der Waals surface area contributed by atoms with E-state index in [-0.39, 0.29) is 5.82 Å². The molecular weight excluding hydrogens is 439 g/mol. The Bertz CT molecular complexity index is 939. The van der Waals surface area contributed by atoms with Crippen LogP contribution in [-0.2, 0) is 11.3 Å². The fraction of sp³-hybridized carbons (Fsp3) is 0.552. The quantitative estimate of drug-likeness (QED) is 0.596. The van der Waals surface area contributed by atoms with Crippen molar-refractivity contribution in [2.45, 2.75) is 44.7 Å². The minimum absolute atomic E-state index is 0.208. The van der Waals surface area contributed by atoms with Gasteiger partial charge in [-0.2, -0.15) is 0 Å². The maximum absolute atomic E-state index is 13.2. The average Bonchev–Trinajstić information content (AvgIpc) is 3.43. The highest BCUT2D eigenvalue weighted by atomic mass is 19.1. The molecule has 0 unspecified atom stereocenters. The number of rotatable bonds is 7. The molecule has 5 rings (SSSR count). The van der Waals surface area contributed by atoms with Crippen LogP contribution in [0.25, 0.3) is 0 Å². The largest absolute Gasteiger partial charge is 0.368 e. The van der Waals surface area contributed by atoms with Crippen molar-refractivity contribution in [3.05, 3.63) is 66.0 Å². The van der Waals surface area contributed by atoms with E-state index in [2.05, 4.69) is 45.0 Å². The van der Waals surface area contributed by atoms with Crippen LogP contribution in [0, 0.1) is 11.7 Å². The molecule has 0 aliphatic carbocycles. The summed E-state index contributed by atoms with van der Waals surface area (Å²) in [7, 11) is 0. The standard InChI is InChI=1S/C29H39FN4O/c30-26-9-11-27(12-10-26)32-18-20-34(21-19-32)29(35)13-8-25-23-31(22-24-6-2-1-3-7-24)17-14-28(25)33-15-4-5-16-33/h1-3,6-7,9-12,25,28H,4-5,8,13-23H2/t25-,28+/m1/s1. The van der Waals surface area contributed by atoms with E-state index in [1.54, 1.807) is 0 Å². The lowest BCUT2D eigenvalue weighted by atomic mass is 9.86. The van der Waals surface area contributed by atoms with E-state index in [1.807, 2.05) is 17.0 Å². The van der Waals surface area contributed by atoms with Gasteiger partial charge in [-0.1, -0.05) is 30.3 Å². The number of likely N-dealkylation sites (tertiary alicyclic amines) is 2. The van der Waals surface area contributed by atoms with Crippen molar-refractivity contribution >= 4 is 11.6 Å². The molecule has 3 heterocycles. The van der Waals surface area contributed by atoms with Gasteiger partial charge in [0, 0.05) is 57.4 Å². The molecule has 188 valence electrons. The summed E-state index contributed by atoms with van der Waals surface area (Å²) >= 11 is 0. The van der Waals surface area contributed by atoms with Gasteiger partial charge in [-0.15, -0.1) is 0 Å². The maximum Gasteiger partial charge on any atom is 0.222 e. The molecule has 3 aliphatic rings. The van der Waals surface area contributed by atoms with Crippen molar-refractivity contribution < 1.29 is 9.18 Å². The maximum atomic E-state index is 13.2. The molecule has 0 N–H and O–H groups in total. The van der Waals surface area contributed by atoms with Crippen molar-refractivity contribution in [1.82, 2.24) is 14.7 Å². The van der Waals surface area contributed by atoms with Gasteiger partial charge in [-0.25, -0.2) is 4.39 Å². The van der Waals surface area contributed by atoms with Gasteiger partial charge in [0.05, 0.1) is 0 Å². The molecule has 0 saturated carbocycles. The number of halogens is 1. The fourth-order valence-corrected chi connectivity index (χ4v) is 6.25. The Labute approximate surface area is 209 Å². The SMILES string of the molecule is O=C(CC[C@@H]1CN(Cc2ccccc2)CC[C@@H]1N1CCCC1)N1CCN(c2ccc(F)cc2)CC1. The number of carbonyl (C=O) groups excluding carboxylic acids is 1. The first-order valence-electron chi connectivity index (χ1n) is 13.4. The van der Waals surface area contributed by atoms with Gasteiger partial charge in [0.15, 0.2) is 0 Å². The molecule has 3 fully saturated rings. The molecule has 0 spiro atoms. The average molecular weight is 479 g/mol. The van der Waals surface area contributed by atoms with Crippen LogP contribution in [0.15, 0.2) is 54.6 Å². The van der Waals surface area contributed by atoms with Gasteiger partial charge in [0.25, 0.3) is 0 Å². The Balaban J connectivity index is 1.15. The summed E-state index contributed by atoms with van der Waals surface area (Å²) in [4.78, 5) is 22.7. The zero-order chi connectivity index (χ0) is 24.0. The van der Waals surface area contributed by atoms with Crippen LogP contribution >= 0.6 is 0 Å². The lowest BCUT2D eigenvalue weighted by molar-refractivity contribution is -0.132. The molecule has 2 aromatic carbocycles. The van der Waals surface area contributed by atoms with E-state index in [0.29, 0.717) is 24.3 Å². The van der Waals surface area contributed by atoms with Gasteiger partial charge >= 0.3 is 0 Å². The zero-order valence-electron chi connectivity index (χ0n) is 20.8. The van der Waals surface area contributed by atoms with Crippen molar-refractivity contribution in [1.29, 1.82) is 0 Å². The zero-order valence-corrected chi connectivity index (χ0v) is 20.8. The third-order valence-corrected chi connectivity index (χ3v) is 8.19. The molecule has 0 aromatic heterocycles. The molecule has 3 saturated heterocycles. The topological polar surface area (TPSA) is 30.0 Å². The number of anilines is 1. The number of amides is 1. The molecule has 6 heteroatoms. The lowest BCUT2D eigenvalue weighted by Crippen LogP contribution is -2.51. The first kappa shape index (κ1) is 24.3. The third kappa shape index (κ3) is 6.22. The van der Waals surface area contributed by atoms with Gasteiger partial charge in [-0.3, -0.25) is 9.69 Å². The number of piperazine rings is 1. The Hall–Kier alpha value is -2.44. The van der Waals surface area contributed by atoms with E-state index in [0.717, 1.165) is 57.9 Å². The summed E-state index contributed by atoms with van der Waals surface area (Å²) in [5.74, 6) is 0.638. The Morgan fingerprint density at radius 3 is 2.29 bits per heavy atom. The summed E-state index contributed by atoms with van der Waals surface area (Å²) < 4.78 is 13.2. The number of piperidine rings is 1. The van der Waals surface area contributed by atoms with E-state index < -0.39 is 0 Å². The second-order valence-electron chi connectivity index (χ2n) is 10.5. The molecule has 35 heavy (non-hydrogen) atoms. The highest BCUT2D eigenvalue weighted by Gasteiger charge is 2.35. The van der Waals surface area contributed by atoms with Gasteiger partial charge in [0.2, 0.25) is 5.91 Å². The van der Waals surface area contributed by atoms with Crippen molar-refractivity contribution in [3.63, 3.8) is 0 Å². The van der Waals surface area contributed by atoms with E-state index in [4.69, 9.17) is 0 Å². The van der Waals surface area contributed by atoms with Gasteiger partial charge in [-0.05, 0) is 81.1 Å². The van der Waals surface area contributed by atoms with Crippen LogP contribution in [-0.4, -0.2) is 79.0 Å². The third-order valence-electron chi connectivity index (χ3n) is 8.19. The number of nitrogens with zero attached hydrogens (tertiary/aromatic N) is 4. The highest BCUT2D eigenvalue weighted by molar-refractivity contribution is 5.76. The molecule has 5 nitrogen and oxygen atoms in total. The van der Waals surface area contributed by atoms with Crippen molar-refractivity contribution in [2.75, 3.05) is 57.3 Å².